The van der Waals surface area contributed by atoms with E-state index in [1.165, 1.54) is 25.8 Å². The molecule has 1 saturated heterocycles. The van der Waals surface area contributed by atoms with Crippen LogP contribution in [0.5, 0.6) is 0 Å². The van der Waals surface area contributed by atoms with Gasteiger partial charge in [-0.05, 0) is 31.2 Å². The summed E-state index contributed by atoms with van der Waals surface area (Å²) in [6, 6.07) is 0.699. The summed E-state index contributed by atoms with van der Waals surface area (Å²) in [4.78, 5) is 2.68. The quantitative estimate of drug-likeness (QED) is 0.794. The fraction of sp³-hybridized carbons (Fsp3) is 1.00. The molecule has 1 saturated carbocycles. The lowest BCUT2D eigenvalue weighted by molar-refractivity contribution is -0.0657. The van der Waals surface area contributed by atoms with Crippen LogP contribution in [0, 0.1) is 5.41 Å². The molecule has 0 spiro atoms. The maximum atomic E-state index is 5.87. The molecule has 0 radical (unpaired) electrons. The smallest absolute Gasteiger partial charge is 0.0730 e. The number of hydrogen-bond donors (Lipinski definition) is 1. The Morgan fingerprint density at radius 2 is 2.18 bits per heavy atom. The van der Waals surface area contributed by atoms with Gasteiger partial charge in [-0.1, -0.05) is 20.8 Å². The molecule has 0 amide bonds. The Bertz CT molecular complexity index is 242. The number of nitrogens with one attached hydrogen (secondary N) is 1. The van der Waals surface area contributed by atoms with E-state index >= 15 is 0 Å². The fourth-order valence-corrected chi connectivity index (χ4v) is 3.27. The minimum atomic E-state index is 0.362. The third-order valence-corrected chi connectivity index (χ3v) is 4.08. The van der Waals surface area contributed by atoms with Gasteiger partial charge in [-0.15, -0.1) is 0 Å². The van der Waals surface area contributed by atoms with Gasteiger partial charge in [0, 0.05) is 25.7 Å². The first-order valence-corrected chi connectivity index (χ1v) is 7.19. The molecule has 1 aliphatic carbocycles. The van der Waals surface area contributed by atoms with Gasteiger partial charge in [-0.25, -0.2) is 0 Å². The summed E-state index contributed by atoms with van der Waals surface area (Å²) in [5, 5.41) is 3.48. The van der Waals surface area contributed by atoms with Crippen LogP contribution in [0.2, 0.25) is 0 Å². The second kappa shape index (κ2) is 5.68. The molecular formula is C14H28N2O. The van der Waals surface area contributed by atoms with Gasteiger partial charge in [-0.2, -0.15) is 0 Å². The number of morpholine rings is 1. The first-order chi connectivity index (χ1) is 8.12. The second-order valence-electron chi connectivity index (χ2n) is 6.32. The van der Waals surface area contributed by atoms with Crippen molar-refractivity contribution in [3.05, 3.63) is 0 Å². The number of ether oxygens (including phenoxy) is 1. The lowest BCUT2D eigenvalue weighted by atomic mass is 9.91. The SMILES string of the molecule is CCNCC(C)(C)CN1CCOC2CCCC21. The van der Waals surface area contributed by atoms with Gasteiger partial charge in [-0.3, -0.25) is 4.90 Å². The highest BCUT2D eigenvalue weighted by Gasteiger charge is 2.37. The average Bonchev–Trinajstić information content (AvgIpc) is 2.75. The Hall–Kier alpha value is -0.120. The molecule has 2 fully saturated rings. The van der Waals surface area contributed by atoms with E-state index in [9.17, 15) is 0 Å². The molecule has 3 heteroatoms. The summed E-state index contributed by atoms with van der Waals surface area (Å²) in [6.45, 7) is 12.3. The molecule has 2 unspecified atom stereocenters. The molecular weight excluding hydrogens is 212 g/mol. The van der Waals surface area contributed by atoms with Gasteiger partial charge in [0.25, 0.3) is 0 Å². The van der Waals surface area contributed by atoms with Crippen LogP contribution in [0.1, 0.15) is 40.0 Å². The minimum absolute atomic E-state index is 0.362. The average molecular weight is 240 g/mol. The molecule has 0 aromatic heterocycles. The first kappa shape index (κ1) is 13.3. The van der Waals surface area contributed by atoms with Crippen molar-refractivity contribution in [1.82, 2.24) is 10.2 Å². The summed E-state index contributed by atoms with van der Waals surface area (Å²) >= 11 is 0. The number of fused-ring (bicyclic) bond motifs is 1. The molecule has 1 aliphatic heterocycles. The van der Waals surface area contributed by atoms with E-state index in [0.717, 1.165) is 26.2 Å². The first-order valence-electron chi connectivity index (χ1n) is 7.19. The molecule has 0 aromatic rings. The van der Waals surface area contributed by atoms with E-state index in [4.69, 9.17) is 4.74 Å². The third-order valence-electron chi connectivity index (χ3n) is 4.08. The maximum Gasteiger partial charge on any atom is 0.0730 e. The van der Waals surface area contributed by atoms with Crippen LogP contribution in [0.4, 0.5) is 0 Å². The van der Waals surface area contributed by atoms with Crippen molar-refractivity contribution in [1.29, 1.82) is 0 Å². The fourth-order valence-electron chi connectivity index (χ4n) is 3.27. The molecule has 0 aromatic carbocycles. The topological polar surface area (TPSA) is 24.5 Å². The summed E-state index contributed by atoms with van der Waals surface area (Å²) < 4.78 is 5.87. The van der Waals surface area contributed by atoms with Gasteiger partial charge in [0.15, 0.2) is 0 Å². The molecule has 0 bridgehead atoms. The van der Waals surface area contributed by atoms with E-state index in [2.05, 4.69) is 31.0 Å². The van der Waals surface area contributed by atoms with Gasteiger partial charge in [0.2, 0.25) is 0 Å². The van der Waals surface area contributed by atoms with Crippen LogP contribution < -0.4 is 5.32 Å². The van der Waals surface area contributed by atoms with Crippen molar-refractivity contribution in [3.8, 4) is 0 Å². The normalized spacial score (nSPS) is 30.5. The molecule has 100 valence electrons. The number of nitrogens with zero attached hydrogens (tertiary/aromatic N) is 1. The largest absolute Gasteiger partial charge is 0.375 e. The Morgan fingerprint density at radius 3 is 2.94 bits per heavy atom. The Labute approximate surface area is 106 Å². The second-order valence-corrected chi connectivity index (χ2v) is 6.32. The van der Waals surface area contributed by atoms with Gasteiger partial charge in [0.1, 0.15) is 0 Å². The van der Waals surface area contributed by atoms with E-state index in [1.54, 1.807) is 0 Å². The van der Waals surface area contributed by atoms with Crippen molar-refractivity contribution < 1.29 is 4.74 Å². The third kappa shape index (κ3) is 3.43. The monoisotopic (exact) mass is 240 g/mol. The number of hydrogen-bond acceptors (Lipinski definition) is 3. The summed E-state index contributed by atoms with van der Waals surface area (Å²) in [5.41, 5.74) is 0.362. The van der Waals surface area contributed by atoms with E-state index in [0.29, 0.717) is 17.6 Å². The van der Waals surface area contributed by atoms with Crippen LogP contribution in [0.15, 0.2) is 0 Å². The molecule has 2 atom stereocenters. The summed E-state index contributed by atoms with van der Waals surface area (Å²) in [7, 11) is 0. The Balaban J connectivity index is 1.88. The van der Waals surface area contributed by atoms with Crippen molar-refractivity contribution in [2.75, 3.05) is 32.8 Å². The molecule has 2 aliphatic rings. The zero-order valence-electron chi connectivity index (χ0n) is 11.7. The van der Waals surface area contributed by atoms with Crippen LogP contribution in [-0.2, 0) is 4.74 Å². The van der Waals surface area contributed by atoms with E-state index in [-0.39, 0.29) is 0 Å². The van der Waals surface area contributed by atoms with Gasteiger partial charge >= 0.3 is 0 Å². The molecule has 3 nitrogen and oxygen atoms in total. The minimum Gasteiger partial charge on any atom is -0.375 e. The summed E-state index contributed by atoms with van der Waals surface area (Å²) in [6.07, 6.45) is 4.48. The van der Waals surface area contributed by atoms with Gasteiger partial charge in [0.05, 0.1) is 12.7 Å². The Morgan fingerprint density at radius 1 is 1.35 bits per heavy atom. The van der Waals surface area contributed by atoms with Crippen molar-refractivity contribution in [3.63, 3.8) is 0 Å². The lowest BCUT2D eigenvalue weighted by Gasteiger charge is -2.42. The maximum absolute atomic E-state index is 5.87. The molecule has 2 rings (SSSR count). The Kier molecular flexibility index (Phi) is 4.45. The van der Waals surface area contributed by atoms with Crippen molar-refractivity contribution in [2.45, 2.75) is 52.2 Å². The highest BCUT2D eigenvalue weighted by Crippen LogP contribution is 2.31. The highest BCUT2D eigenvalue weighted by atomic mass is 16.5. The molecule has 1 heterocycles. The highest BCUT2D eigenvalue weighted by molar-refractivity contribution is 4.91. The van der Waals surface area contributed by atoms with Crippen LogP contribution in [0.3, 0.4) is 0 Å². The number of rotatable bonds is 5. The van der Waals surface area contributed by atoms with Crippen LogP contribution in [-0.4, -0.2) is 49.8 Å². The zero-order valence-corrected chi connectivity index (χ0v) is 11.7. The molecule has 17 heavy (non-hydrogen) atoms. The molecule has 1 N–H and O–H groups in total. The predicted octanol–water partition coefficient (Wildman–Crippen LogP) is 1.88. The standard InChI is InChI=1S/C14H28N2O/c1-4-15-10-14(2,3)11-16-8-9-17-13-7-5-6-12(13)16/h12-13,15H,4-11H2,1-3H3. The van der Waals surface area contributed by atoms with Crippen LogP contribution >= 0.6 is 0 Å². The van der Waals surface area contributed by atoms with Crippen LogP contribution in [0.25, 0.3) is 0 Å². The van der Waals surface area contributed by atoms with Crippen molar-refractivity contribution >= 4 is 0 Å². The lowest BCUT2D eigenvalue weighted by Crippen LogP contribution is -2.52. The zero-order chi connectivity index (χ0) is 12.3. The van der Waals surface area contributed by atoms with Crippen molar-refractivity contribution in [2.24, 2.45) is 5.41 Å². The van der Waals surface area contributed by atoms with E-state index < -0.39 is 0 Å². The predicted molar refractivity (Wildman–Crippen MR) is 71.3 cm³/mol. The van der Waals surface area contributed by atoms with E-state index in [1.807, 2.05) is 0 Å². The summed E-state index contributed by atoms with van der Waals surface area (Å²) in [5.74, 6) is 0. The van der Waals surface area contributed by atoms with Gasteiger partial charge < -0.3 is 10.1 Å².